The SMILES string of the molecule is CC1CCN(C(=O)C2CC2C(=O)Nc2cc(Cl)ccc2Cl)CC1. The third-order valence-electron chi connectivity index (χ3n) is 4.73. The van der Waals surface area contributed by atoms with Gasteiger partial charge in [0.2, 0.25) is 11.8 Å². The van der Waals surface area contributed by atoms with Crippen LogP contribution in [0.1, 0.15) is 26.2 Å². The number of piperidine rings is 1. The average Bonchev–Trinajstić information content (AvgIpc) is 3.31. The first-order chi connectivity index (χ1) is 11.0. The summed E-state index contributed by atoms with van der Waals surface area (Å²) in [4.78, 5) is 26.7. The molecule has 3 rings (SSSR count). The molecule has 1 aromatic rings. The molecule has 0 radical (unpaired) electrons. The number of carbonyl (C=O) groups excluding carboxylic acids is 2. The van der Waals surface area contributed by atoms with Crippen LogP contribution in [0.2, 0.25) is 10.0 Å². The van der Waals surface area contributed by atoms with Gasteiger partial charge >= 0.3 is 0 Å². The van der Waals surface area contributed by atoms with E-state index in [1.165, 1.54) is 0 Å². The van der Waals surface area contributed by atoms with E-state index in [-0.39, 0.29) is 23.7 Å². The van der Waals surface area contributed by atoms with Crippen molar-refractivity contribution < 1.29 is 9.59 Å². The molecule has 124 valence electrons. The lowest BCUT2D eigenvalue weighted by Gasteiger charge is -2.30. The summed E-state index contributed by atoms with van der Waals surface area (Å²) in [6.45, 7) is 3.83. The predicted octanol–water partition coefficient (Wildman–Crippen LogP) is 3.83. The van der Waals surface area contributed by atoms with E-state index in [2.05, 4.69) is 12.2 Å². The van der Waals surface area contributed by atoms with Gasteiger partial charge in [0.05, 0.1) is 22.5 Å². The minimum Gasteiger partial charge on any atom is -0.342 e. The monoisotopic (exact) mass is 354 g/mol. The number of hydrogen-bond donors (Lipinski definition) is 1. The molecule has 0 bridgehead atoms. The van der Waals surface area contributed by atoms with E-state index in [1.54, 1.807) is 18.2 Å². The summed E-state index contributed by atoms with van der Waals surface area (Å²) in [5.41, 5.74) is 0.495. The lowest BCUT2D eigenvalue weighted by molar-refractivity contribution is -0.135. The van der Waals surface area contributed by atoms with E-state index in [0.717, 1.165) is 25.9 Å². The Bertz CT molecular complexity index is 627. The highest BCUT2D eigenvalue weighted by Crippen LogP contribution is 2.42. The van der Waals surface area contributed by atoms with Gasteiger partial charge in [0.25, 0.3) is 0 Å². The van der Waals surface area contributed by atoms with Crippen molar-refractivity contribution in [3.05, 3.63) is 28.2 Å². The van der Waals surface area contributed by atoms with Gasteiger partial charge < -0.3 is 10.2 Å². The number of anilines is 1. The maximum atomic E-state index is 12.5. The summed E-state index contributed by atoms with van der Waals surface area (Å²) in [5, 5.41) is 3.73. The number of nitrogens with zero attached hydrogens (tertiary/aromatic N) is 1. The maximum absolute atomic E-state index is 12.5. The molecule has 23 heavy (non-hydrogen) atoms. The van der Waals surface area contributed by atoms with Crippen LogP contribution in [-0.2, 0) is 9.59 Å². The summed E-state index contributed by atoms with van der Waals surface area (Å²) in [6.07, 6.45) is 2.72. The van der Waals surface area contributed by atoms with Crippen molar-refractivity contribution in [1.29, 1.82) is 0 Å². The summed E-state index contributed by atoms with van der Waals surface area (Å²) >= 11 is 12.0. The van der Waals surface area contributed by atoms with Crippen LogP contribution < -0.4 is 5.32 Å². The van der Waals surface area contributed by atoms with Gasteiger partial charge in [-0.25, -0.2) is 0 Å². The fourth-order valence-electron chi connectivity index (χ4n) is 3.04. The molecular weight excluding hydrogens is 335 g/mol. The molecule has 1 aromatic carbocycles. The van der Waals surface area contributed by atoms with Crippen LogP contribution in [0.25, 0.3) is 0 Å². The molecule has 2 amide bonds. The van der Waals surface area contributed by atoms with Crippen LogP contribution in [0.5, 0.6) is 0 Å². The lowest BCUT2D eigenvalue weighted by Crippen LogP contribution is -2.39. The third kappa shape index (κ3) is 3.81. The quantitative estimate of drug-likeness (QED) is 0.896. The minimum atomic E-state index is -0.253. The maximum Gasteiger partial charge on any atom is 0.228 e. The van der Waals surface area contributed by atoms with Crippen LogP contribution in [0.15, 0.2) is 18.2 Å². The van der Waals surface area contributed by atoms with Crippen LogP contribution >= 0.6 is 23.2 Å². The van der Waals surface area contributed by atoms with Gasteiger partial charge in [-0.2, -0.15) is 0 Å². The zero-order valence-electron chi connectivity index (χ0n) is 13.0. The van der Waals surface area contributed by atoms with E-state index in [1.807, 2.05) is 4.90 Å². The number of amides is 2. The molecule has 1 N–H and O–H groups in total. The van der Waals surface area contributed by atoms with Crippen molar-refractivity contribution in [2.75, 3.05) is 18.4 Å². The van der Waals surface area contributed by atoms with Crippen molar-refractivity contribution in [1.82, 2.24) is 4.90 Å². The second-order valence-electron chi connectivity index (χ2n) is 6.57. The third-order valence-corrected chi connectivity index (χ3v) is 5.29. The topological polar surface area (TPSA) is 49.4 Å². The first-order valence-electron chi connectivity index (χ1n) is 8.00. The number of benzene rings is 1. The first-order valence-corrected chi connectivity index (χ1v) is 8.76. The van der Waals surface area contributed by atoms with Gasteiger partial charge in [0.15, 0.2) is 0 Å². The van der Waals surface area contributed by atoms with Gasteiger partial charge in [-0.1, -0.05) is 30.1 Å². The highest BCUT2D eigenvalue weighted by Gasteiger charge is 2.49. The Morgan fingerprint density at radius 3 is 2.57 bits per heavy atom. The molecule has 6 heteroatoms. The molecule has 2 atom stereocenters. The number of hydrogen-bond acceptors (Lipinski definition) is 2. The second-order valence-corrected chi connectivity index (χ2v) is 7.41. The zero-order chi connectivity index (χ0) is 16.6. The summed E-state index contributed by atoms with van der Waals surface area (Å²) in [5.74, 6) is 0.215. The molecule has 1 aliphatic heterocycles. The van der Waals surface area contributed by atoms with Crippen LogP contribution in [0.3, 0.4) is 0 Å². The van der Waals surface area contributed by atoms with Gasteiger partial charge in [0, 0.05) is 18.1 Å². The molecule has 0 spiro atoms. The van der Waals surface area contributed by atoms with Crippen molar-refractivity contribution in [3.8, 4) is 0 Å². The molecule has 2 unspecified atom stereocenters. The fraction of sp³-hybridized carbons (Fsp3) is 0.529. The number of carbonyl (C=O) groups is 2. The van der Waals surface area contributed by atoms with Crippen molar-refractivity contribution >= 4 is 40.7 Å². The highest BCUT2D eigenvalue weighted by molar-refractivity contribution is 6.35. The Morgan fingerprint density at radius 2 is 1.87 bits per heavy atom. The van der Waals surface area contributed by atoms with Gasteiger partial charge in [-0.05, 0) is 43.4 Å². The summed E-state index contributed by atoms with van der Waals surface area (Å²) in [7, 11) is 0. The molecular formula is C17H20Cl2N2O2. The van der Waals surface area contributed by atoms with Gasteiger partial charge in [-0.3, -0.25) is 9.59 Å². The Balaban J connectivity index is 1.56. The van der Waals surface area contributed by atoms with E-state index in [9.17, 15) is 9.59 Å². The Morgan fingerprint density at radius 1 is 1.17 bits per heavy atom. The molecule has 1 saturated heterocycles. The van der Waals surface area contributed by atoms with Crippen molar-refractivity contribution in [3.63, 3.8) is 0 Å². The van der Waals surface area contributed by atoms with Crippen LogP contribution in [-0.4, -0.2) is 29.8 Å². The van der Waals surface area contributed by atoms with Gasteiger partial charge in [0.1, 0.15) is 0 Å². The van der Waals surface area contributed by atoms with E-state index in [0.29, 0.717) is 28.1 Å². The number of halogens is 2. The van der Waals surface area contributed by atoms with Crippen LogP contribution in [0, 0.1) is 17.8 Å². The van der Waals surface area contributed by atoms with Gasteiger partial charge in [-0.15, -0.1) is 0 Å². The lowest BCUT2D eigenvalue weighted by atomic mass is 9.99. The number of nitrogens with one attached hydrogen (secondary N) is 1. The molecule has 2 fully saturated rings. The standard InChI is InChI=1S/C17H20Cl2N2O2/c1-10-4-6-21(7-5-10)17(23)13-9-12(13)16(22)20-15-8-11(18)2-3-14(15)19/h2-3,8,10,12-13H,4-7,9H2,1H3,(H,20,22). The average molecular weight is 355 g/mol. The van der Waals surface area contributed by atoms with Crippen LogP contribution in [0.4, 0.5) is 5.69 Å². The largest absolute Gasteiger partial charge is 0.342 e. The van der Waals surface area contributed by atoms with Crippen molar-refractivity contribution in [2.24, 2.45) is 17.8 Å². The van der Waals surface area contributed by atoms with E-state index < -0.39 is 0 Å². The predicted molar refractivity (Wildman–Crippen MR) is 91.7 cm³/mol. The Hall–Kier alpha value is -1.26. The number of likely N-dealkylation sites (tertiary alicyclic amines) is 1. The molecule has 0 aromatic heterocycles. The minimum absolute atomic E-state index is 0.120. The molecule has 1 aliphatic carbocycles. The summed E-state index contributed by atoms with van der Waals surface area (Å²) < 4.78 is 0. The highest BCUT2D eigenvalue weighted by atomic mass is 35.5. The second kappa shape index (κ2) is 6.70. The molecule has 1 heterocycles. The molecule has 2 aliphatic rings. The molecule has 1 saturated carbocycles. The first kappa shape index (κ1) is 16.6. The smallest absolute Gasteiger partial charge is 0.228 e. The Labute approximate surface area is 146 Å². The normalized spacial score (nSPS) is 24.4. The van der Waals surface area contributed by atoms with Crippen molar-refractivity contribution in [2.45, 2.75) is 26.2 Å². The Kier molecular flexibility index (Phi) is 4.83. The van der Waals surface area contributed by atoms with E-state index in [4.69, 9.17) is 23.2 Å². The fourth-order valence-corrected chi connectivity index (χ4v) is 3.38. The number of rotatable bonds is 3. The summed E-state index contributed by atoms with van der Waals surface area (Å²) in [6, 6.07) is 4.93. The molecule has 4 nitrogen and oxygen atoms in total. The van der Waals surface area contributed by atoms with E-state index >= 15 is 0 Å². The zero-order valence-corrected chi connectivity index (χ0v) is 14.5.